The van der Waals surface area contributed by atoms with Crippen molar-refractivity contribution >= 4 is 33.9 Å². The summed E-state index contributed by atoms with van der Waals surface area (Å²) in [5, 5.41) is 18.9. The Labute approximate surface area is 131 Å². The molecular weight excluding hydrogens is 308 g/mol. The summed E-state index contributed by atoms with van der Waals surface area (Å²) < 4.78 is 6.33. The van der Waals surface area contributed by atoms with Crippen molar-refractivity contribution in [2.75, 3.05) is 37.1 Å². The van der Waals surface area contributed by atoms with E-state index in [9.17, 15) is 5.11 Å². The summed E-state index contributed by atoms with van der Waals surface area (Å²) in [5.74, 6) is 1.20. The molecule has 0 spiro atoms. The van der Waals surface area contributed by atoms with Gasteiger partial charge in [-0.1, -0.05) is 23.1 Å². The van der Waals surface area contributed by atoms with Crippen LogP contribution in [-0.4, -0.2) is 47.9 Å². The fourth-order valence-electron chi connectivity index (χ4n) is 1.41. The van der Waals surface area contributed by atoms with Crippen LogP contribution >= 0.6 is 23.1 Å². The van der Waals surface area contributed by atoms with Gasteiger partial charge in [0.25, 0.3) is 0 Å². The van der Waals surface area contributed by atoms with Crippen molar-refractivity contribution in [3.63, 3.8) is 0 Å². The number of hydrogen-bond donors (Lipinski definition) is 2. The molecule has 1 aromatic carbocycles. The van der Waals surface area contributed by atoms with Crippen LogP contribution in [0, 0.1) is 0 Å². The number of aromatic nitrogens is 2. The number of aliphatic hydroxyl groups is 1. The van der Waals surface area contributed by atoms with Gasteiger partial charge in [-0.3, -0.25) is 0 Å². The van der Waals surface area contributed by atoms with E-state index in [1.165, 1.54) is 23.1 Å². The van der Waals surface area contributed by atoms with Crippen LogP contribution < -0.4 is 15.4 Å². The van der Waals surface area contributed by atoms with Gasteiger partial charge in [-0.15, -0.1) is 10.2 Å². The molecule has 0 aliphatic carbocycles. The molecule has 1 atom stereocenters. The molecule has 2 rings (SSSR count). The summed E-state index contributed by atoms with van der Waals surface area (Å²) in [5.41, 5.74) is 6.28. The lowest BCUT2D eigenvalue weighted by Crippen LogP contribution is -2.20. The average Bonchev–Trinajstić information content (AvgIpc) is 2.93. The highest BCUT2D eigenvalue weighted by molar-refractivity contribution is 8.01. The lowest BCUT2D eigenvalue weighted by atomic mass is 10.3. The van der Waals surface area contributed by atoms with E-state index in [2.05, 4.69) is 10.2 Å². The predicted molar refractivity (Wildman–Crippen MR) is 87.3 cm³/mol. The van der Waals surface area contributed by atoms with Crippen molar-refractivity contribution in [3.8, 4) is 5.75 Å². The van der Waals surface area contributed by atoms with Crippen molar-refractivity contribution < 1.29 is 9.84 Å². The van der Waals surface area contributed by atoms with E-state index >= 15 is 0 Å². The van der Waals surface area contributed by atoms with Crippen LogP contribution in [0.1, 0.15) is 0 Å². The van der Waals surface area contributed by atoms with Crippen LogP contribution in [0.5, 0.6) is 5.75 Å². The largest absolute Gasteiger partial charge is 0.491 e. The summed E-state index contributed by atoms with van der Waals surface area (Å²) in [4.78, 5) is 1.91. The molecule has 1 heterocycles. The zero-order chi connectivity index (χ0) is 15.2. The van der Waals surface area contributed by atoms with E-state index in [1.807, 2.05) is 19.0 Å². The highest BCUT2D eigenvalue weighted by Crippen LogP contribution is 2.27. The second-order valence-electron chi connectivity index (χ2n) is 4.59. The monoisotopic (exact) mass is 326 g/mol. The number of nitrogens with two attached hydrogens (primary N) is 1. The molecule has 0 aliphatic rings. The number of anilines is 2. The van der Waals surface area contributed by atoms with E-state index in [4.69, 9.17) is 10.5 Å². The lowest BCUT2D eigenvalue weighted by Gasteiger charge is -2.11. The number of ether oxygens (including phenoxy) is 1. The minimum atomic E-state index is -0.570. The minimum absolute atomic E-state index is 0.232. The molecule has 0 aliphatic heterocycles. The first-order chi connectivity index (χ1) is 10.0. The number of thioether (sulfide) groups is 1. The zero-order valence-corrected chi connectivity index (χ0v) is 13.5. The number of aliphatic hydroxyl groups excluding tert-OH is 1. The first-order valence-corrected chi connectivity index (χ1v) is 8.15. The molecule has 0 radical (unpaired) electrons. The maximum absolute atomic E-state index is 9.92. The molecule has 1 aromatic heterocycles. The summed E-state index contributed by atoms with van der Waals surface area (Å²) in [7, 11) is 3.84. The Morgan fingerprint density at radius 2 is 2.05 bits per heavy atom. The van der Waals surface area contributed by atoms with Gasteiger partial charge in [-0.2, -0.15) is 0 Å². The number of benzene rings is 1. The fourth-order valence-corrected chi connectivity index (χ4v) is 3.11. The van der Waals surface area contributed by atoms with Crippen molar-refractivity contribution in [3.05, 3.63) is 24.3 Å². The molecule has 21 heavy (non-hydrogen) atoms. The Hall–Kier alpha value is -1.51. The normalized spacial score (nSPS) is 12.1. The zero-order valence-electron chi connectivity index (χ0n) is 11.9. The summed E-state index contributed by atoms with van der Waals surface area (Å²) in [6.07, 6.45) is -0.570. The average molecular weight is 326 g/mol. The van der Waals surface area contributed by atoms with Crippen molar-refractivity contribution in [2.24, 2.45) is 0 Å². The second kappa shape index (κ2) is 7.48. The third-order valence-electron chi connectivity index (χ3n) is 2.50. The summed E-state index contributed by atoms with van der Waals surface area (Å²) in [6, 6.07) is 7.09. The molecule has 114 valence electrons. The van der Waals surface area contributed by atoms with Gasteiger partial charge in [-0.25, -0.2) is 0 Å². The third kappa shape index (κ3) is 5.07. The molecule has 1 unspecified atom stereocenters. The van der Waals surface area contributed by atoms with E-state index in [-0.39, 0.29) is 6.61 Å². The maximum atomic E-state index is 9.92. The van der Waals surface area contributed by atoms with Gasteiger partial charge >= 0.3 is 0 Å². The highest BCUT2D eigenvalue weighted by Gasteiger charge is 2.10. The molecule has 0 saturated carbocycles. The van der Waals surface area contributed by atoms with E-state index in [0.29, 0.717) is 17.2 Å². The topological polar surface area (TPSA) is 84.5 Å². The quantitative estimate of drug-likeness (QED) is 0.592. The van der Waals surface area contributed by atoms with Gasteiger partial charge in [0.05, 0.1) is 6.10 Å². The van der Waals surface area contributed by atoms with Crippen LogP contribution in [-0.2, 0) is 0 Å². The van der Waals surface area contributed by atoms with Gasteiger partial charge in [0.2, 0.25) is 5.13 Å². The highest BCUT2D eigenvalue weighted by atomic mass is 32.2. The number of nitrogens with zero attached hydrogens (tertiary/aromatic N) is 3. The van der Waals surface area contributed by atoms with Gasteiger partial charge < -0.3 is 20.5 Å². The molecule has 0 saturated heterocycles. The number of rotatable bonds is 7. The predicted octanol–water partition coefficient (Wildman–Crippen LogP) is 1.72. The van der Waals surface area contributed by atoms with Gasteiger partial charge in [0.1, 0.15) is 12.4 Å². The second-order valence-corrected chi connectivity index (χ2v) is 6.81. The minimum Gasteiger partial charge on any atom is -0.491 e. The molecule has 2 aromatic rings. The first kappa shape index (κ1) is 15.9. The fraction of sp³-hybridized carbons (Fsp3) is 0.385. The Balaban J connectivity index is 1.74. The number of nitrogen functional groups attached to an aromatic ring is 1. The molecule has 0 bridgehead atoms. The van der Waals surface area contributed by atoms with Crippen molar-refractivity contribution in [1.82, 2.24) is 10.2 Å². The summed E-state index contributed by atoms with van der Waals surface area (Å²) in [6.45, 7) is 0.232. The molecular formula is C13H18N4O2S2. The Kier molecular flexibility index (Phi) is 5.66. The smallest absolute Gasteiger partial charge is 0.208 e. The van der Waals surface area contributed by atoms with Crippen molar-refractivity contribution in [1.29, 1.82) is 0 Å². The molecule has 0 fully saturated rings. The lowest BCUT2D eigenvalue weighted by molar-refractivity contribution is 0.126. The number of hydrogen-bond acceptors (Lipinski definition) is 8. The van der Waals surface area contributed by atoms with Crippen LogP contribution in [0.15, 0.2) is 28.6 Å². The molecule has 0 amide bonds. The maximum Gasteiger partial charge on any atom is 0.208 e. The van der Waals surface area contributed by atoms with Crippen LogP contribution in [0.3, 0.4) is 0 Å². The van der Waals surface area contributed by atoms with E-state index < -0.39 is 6.10 Å². The van der Waals surface area contributed by atoms with E-state index in [0.717, 1.165) is 9.47 Å². The van der Waals surface area contributed by atoms with Crippen LogP contribution in [0.4, 0.5) is 10.8 Å². The summed E-state index contributed by atoms with van der Waals surface area (Å²) >= 11 is 2.97. The molecule has 8 heteroatoms. The Morgan fingerprint density at radius 1 is 1.33 bits per heavy atom. The van der Waals surface area contributed by atoms with Crippen LogP contribution in [0.2, 0.25) is 0 Å². The molecule has 3 N–H and O–H groups in total. The van der Waals surface area contributed by atoms with Gasteiger partial charge in [0.15, 0.2) is 4.34 Å². The third-order valence-corrected chi connectivity index (χ3v) is 4.87. The first-order valence-electron chi connectivity index (χ1n) is 6.34. The standard InChI is InChI=1S/C13H18N4O2S2/c1-17(2)12-15-16-13(21-12)20-8-10(18)7-19-11-5-3-9(14)4-6-11/h3-6,10,18H,7-8,14H2,1-2H3. The van der Waals surface area contributed by atoms with E-state index in [1.54, 1.807) is 24.3 Å². The van der Waals surface area contributed by atoms with Gasteiger partial charge in [-0.05, 0) is 24.3 Å². The Bertz CT molecular complexity index is 560. The Morgan fingerprint density at radius 3 is 2.67 bits per heavy atom. The van der Waals surface area contributed by atoms with Crippen LogP contribution in [0.25, 0.3) is 0 Å². The molecule has 6 nitrogen and oxygen atoms in total. The van der Waals surface area contributed by atoms with Gasteiger partial charge in [0, 0.05) is 25.5 Å². The SMILES string of the molecule is CN(C)c1nnc(SCC(O)COc2ccc(N)cc2)s1. The van der Waals surface area contributed by atoms with Crippen molar-refractivity contribution in [2.45, 2.75) is 10.4 Å².